The second-order valence-corrected chi connectivity index (χ2v) is 10.3. The molecule has 2 atom stereocenters. The maximum Gasteiger partial charge on any atom is 0.318 e. The van der Waals surface area contributed by atoms with E-state index in [-0.39, 0.29) is 11.9 Å². The first-order valence-electron chi connectivity index (χ1n) is 13.6. The third-order valence-electron chi connectivity index (χ3n) is 7.33. The lowest BCUT2D eigenvalue weighted by Crippen LogP contribution is -2.38. The SMILES string of the molecule is COc1c(Cl)cccc1N1CCc2c(N)nc(OC[C@@H]3CCCN3C)nc2C1.[C-]#[N+]C[C@@H](C)N(CC)C(=O)C=C. The number of fused-ring (bicyclic) bond motifs is 1. The zero-order chi connectivity index (χ0) is 29.2. The molecule has 4 rings (SSSR count). The molecule has 1 fully saturated rings. The fourth-order valence-electron chi connectivity index (χ4n) is 5.05. The number of halogens is 1. The van der Waals surface area contributed by atoms with E-state index in [9.17, 15) is 4.79 Å². The first-order valence-corrected chi connectivity index (χ1v) is 13.9. The Morgan fingerprint density at radius 3 is 2.80 bits per heavy atom. The van der Waals surface area contributed by atoms with Gasteiger partial charge in [-0.3, -0.25) is 4.79 Å². The maximum absolute atomic E-state index is 11.2. The molecule has 10 nitrogen and oxygen atoms in total. The van der Waals surface area contributed by atoms with Crippen molar-refractivity contribution in [3.05, 3.63) is 58.6 Å². The fraction of sp³-hybridized carbons (Fsp3) is 0.517. The van der Waals surface area contributed by atoms with Crippen LogP contribution in [-0.4, -0.2) is 84.7 Å². The van der Waals surface area contributed by atoms with Crippen molar-refractivity contribution in [3.8, 4) is 11.8 Å². The molecule has 2 N–H and O–H groups in total. The zero-order valence-electron chi connectivity index (χ0n) is 23.9. The van der Waals surface area contributed by atoms with Gasteiger partial charge in [-0.25, -0.2) is 6.57 Å². The van der Waals surface area contributed by atoms with Crippen LogP contribution in [0.5, 0.6) is 11.8 Å². The van der Waals surface area contributed by atoms with Crippen molar-refractivity contribution in [2.75, 3.05) is 57.6 Å². The van der Waals surface area contributed by atoms with Crippen LogP contribution in [0.3, 0.4) is 0 Å². The molecule has 3 heterocycles. The summed E-state index contributed by atoms with van der Waals surface area (Å²) < 4.78 is 11.4. The lowest BCUT2D eigenvalue weighted by molar-refractivity contribution is -0.127. The van der Waals surface area contributed by atoms with Crippen LogP contribution in [0.15, 0.2) is 30.9 Å². The summed E-state index contributed by atoms with van der Waals surface area (Å²) in [5.41, 5.74) is 9.06. The standard InChI is InChI=1S/C20H26ClN5O2.C9H14N2O/c1-25-9-4-5-13(25)12-28-20-23-16-11-26(10-8-14(16)19(22)24-20)17-7-3-6-15(21)18(17)27-2;1-5-9(12)11(6-2)8(3)7-10-4/h3,6-7,13H,4-5,8-12H2,1-2H3,(H2,22,23,24);5,8H,1,6-7H2,2-3H3/t13-;8-/m01/s1. The number of carbonyl (C=O) groups excluding carboxylic acids is 1. The number of likely N-dealkylation sites (tertiary alicyclic amines) is 1. The minimum absolute atomic E-state index is 0.0157. The van der Waals surface area contributed by atoms with E-state index >= 15 is 0 Å². The molecule has 2 aromatic rings. The Bertz CT molecular complexity index is 1220. The van der Waals surface area contributed by atoms with Crippen molar-refractivity contribution in [2.24, 2.45) is 0 Å². The van der Waals surface area contributed by atoms with Crippen LogP contribution in [0, 0.1) is 6.57 Å². The molecule has 1 aromatic carbocycles. The van der Waals surface area contributed by atoms with Crippen LogP contribution in [-0.2, 0) is 17.8 Å². The molecule has 0 spiro atoms. The molecule has 11 heteroatoms. The van der Waals surface area contributed by atoms with Crippen molar-refractivity contribution >= 4 is 29.0 Å². The van der Waals surface area contributed by atoms with Crippen LogP contribution in [0.1, 0.15) is 37.9 Å². The van der Waals surface area contributed by atoms with Crippen LogP contribution in [0.25, 0.3) is 4.85 Å². The topological polar surface area (TPSA) is 101 Å². The van der Waals surface area contributed by atoms with Crippen LogP contribution >= 0.6 is 11.6 Å². The van der Waals surface area contributed by atoms with Crippen LogP contribution in [0.2, 0.25) is 5.02 Å². The van der Waals surface area contributed by atoms with Gasteiger partial charge in [-0.1, -0.05) is 24.2 Å². The Morgan fingerprint density at radius 1 is 1.40 bits per heavy atom. The quantitative estimate of drug-likeness (QED) is 0.356. The Hall–Kier alpha value is -3.55. The van der Waals surface area contributed by atoms with E-state index in [0.29, 0.717) is 54.9 Å². The Morgan fingerprint density at radius 2 is 2.17 bits per heavy atom. The molecule has 0 unspecified atom stereocenters. The van der Waals surface area contributed by atoms with Crippen molar-refractivity contribution in [1.29, 1.82) is 0 Å². The molecule has 1 amide bonds. The Balaban J connectivity index is 0.000000312. The summed E-state index contributed by atoms with van der Waals surface area (Å²) in [6, 6.07) is 6.51. The molecule has 0 bridgehead atoms. The summed E-state index contributed by atoms with van der Waals surface area (Å²) in [7, 11) is 3.76. The van der Waals surface area contributed by atoms with Crippen molar-refractivity contribution in [2.45, 2.75) is 51.7 Å². The van der Waals surface area contributed by atoms with Gasteiger partial charge < -0.3 is 34.8 Å². The maximum atomic E-state index is 11.2. The number of likely N-dealkylation sites (N-methyl/N-ethyl adjacent to an activating group) is 2. The number of hydrogen-bond acceptors (Lipinski definition) is 8. The molecular weight excluding hydrogens is 530 g/mol. The van der Waals surface area contributed by atoms with Crippen molar-refractivity contribution in [3.63, 3.8) is 0 Å². The normalized spacial score (nSPS) is 17.1. The van der Waals surface area contributed by atoms with Gasteiger partial charge in [0.25, 0.3) is 0 Å². The first kappa shape index (κ1) is 31.0. The molecular formula is C29H40ClN7O3. The lowest BCUT2D eigenvalue weighted by atomic mass is 10.0. The summed E-state index contributed by atoms with van der Waals surface area (Å²) >= 11 is 6.29. The Kier molecular flexibility index (Phi) is 11.4. The van der Waals surface area contributed by atoms with Crippen LogP contribution < -0.4 is 20.1 Å². The summed E-state index contributed by atoms with van der Waals surface area (Å²) in [5.74, 6) is 1.08. The number of carbonyl (C=O) groups is 1. The number of rotatable bonds is 9. The monoisotopic (exact) mass is 569 g/mol. The molecule has 216 valence electrons. The van der Waals surface area contributed by atoms with Gasteiger partial charge in [-0.05, 0) is 64.9 Å². The molecule has 0 aliphatic carbocycles. The summed E-state index contributed by atoms with van der Waals surface area (Å²) in [5, 5.41) is 0.595. The highest BCUT2D eigenvalue weighted by molar-refractivity contribution is 6.32. The van der Waals surface area contributed by atoms with Crippen LogP contribution in [0.4, 0.5) is 11.5 Å². The minimum atomic E-state index is -0.103. The molecule has 2 aliphatic heterocycles. The lowest BCUT2D eigenvalue weighted by Gasteiger charge is -2.31. The third-order valence-corrected chi connectivity index (χ3v) is 7.63. The van der Waals surface area contributed by atoms with Gasteiger partial charge in [0.15, 0.2) is 5.75 Å². The number of amides is 1. The van der Waals surface area contributed by atoms with Gasteiger partial charge in [0.05, 0.1) is 30.1 Å². The predicted molar refractivity (Wildman–Crippen MR) is 159 cm³/mol. The fourth-order valence-corrected chi connectivity index (χ4v) is 5.29. The highest BCUT2D eigenvalue weighted by atomic mass is 35.5. The van der Waals surface area contributed by atoms with Gasteiger partial charge in [0.2, 0.25) is 12.5 Å². The largest absolute Gasteiger partial charge is 0.493 e. The average Bonchev–Trinajstić information content (AvgIpc) is 3.36. The number of nitrogen functional groups attached to an aromatic ring is 1. The Labute approximate surface area is 242 Å². The second kappa shape index (κ2) is 14.7. The molecule has 0 radical (unpaired) electrons. The number of nitrogens with zero attached hydrogens (tertiary/aromatic N) is 6. The van der Waals surface area contributed by atoms with E-state index in [1.165, 1.54) is 12.5 Å². The van der Waals surface area contributed by atoms with Crippen molar-refractivity contribution < 1.29 is 14.3 Å². The minimum Gasteiger partial charge on any atom is -0.493 e. The van der Waals surface area contributed by atoms with E-state index in [2.05, 4.69) is 38.2 Å². The van der Waals surface area contributed by atoms with Gasteiger partial charge in [0.1, 0.15) is 18.5 Å². The van der Waals surface area contributed by atoms with Gasteiger partial charge in [-0.15, -0.1) is 0 Å². The zero-order valence-corrected chi connectivity index (χ0v) is 24.7. The van der Waals surface area contributed by atoms with E-state index in [0.717, 1.165) is 42.9 Å². The number of para-hydroxylation sites is 1. The molecule has 40 heavy (non-hydrogen) atoms. The smallest absolute Gasteiger partial charge is 0.318 e. The van der Waals surface area contributed by atoms with E-state index in [1.807, 2.05) is 32.0 Å². The molecule has 0 saturated carbocycles. The second-order valence-electron chi connectivity index (χ2n) is 9.89. The number of ether oxygens (including phenoxy) is 2. The number of anilines is 2. The molecule has 1 saturated heterocycles. The molecule has 2 aliphatic rings. The predicted octanol–water partition coefficient (Wildman–Crippen LogP) is 4.09. The van der Waals surface area contributed by atoms with Crippen molar-refractivity contribution in [1.82, 2.24) is 19.8 Å². The number of nitrogens with two attached hydrogens (primary N) is 1. The summed E-state index contributed by atoms with van der Waals surface area (Å²) in [4.78, 5) is 29.6. The highest BCUT2D eigenvalue weighted by Crippen LogP contribution is 2.37. The van der Waals surface area contributed by atoms with Gasteiger partial charge >= 0.3 is 6.01 Å². The number of benzene rings is 1. The van der Waals surface area contributed by atoms with E-state index < -0.39 is 0 Å². The van der Waals surface area contributed by atoms with E-state index in [1.54, 1.807) is 12.0 Å². The van der Waals surface area contributed by atoms with E-state index in [4.69, 9.17) is 33.4 Å². The molecule has 1 aromatic heterocycles. The number of aromatic nitrogens is 2. The average molecular weight is 570 g/mol. The third kappa shape index (κ3) is 7.55. The first-order chi connectivity index (χ1) is 19.2. The number of hydrogen-bond donors (Lipinski definition) is 1. The summed E-state index contributed by atoms with van der Waals surface area (Å²) in [6.45, 7) is 17.9. The van der Waals surface area contributed by atoms with Gasteiger partial charge in [0, 0.05) is 24.7 Å². The number of methoxy groups -OCH3 is 1. The summed E-state index contributed by atoms with van der Waals surface area (Å²) in [6.07, 6.45) is 4.39. The van der Waals surface area contributed by atoms with Gasteiger partial charge in [-0.2, -0.15) is 9.97 Å². The highest BCUT2D eigenvalue weighted by Gasteiger charge is 2.26.